The van der Waals surface area contributed by atoms with Crippen molar-refractivity contribution in [3.63, 3.8) is 0 Å². The molecule has 21 heavy (non-hydrogen) atoms. The number of hydrogen-bond acceptors (Lipinski definition) is 5. The van der Waals surface area contributed by atoms with Gasteiger partial charge in [0, 0.05) is 25.4 Å². The number of anilines is 1. The van der Waals surface area contributed by atoms with Crippen molar-refractivity contribution in [1.29, 1.82) is 0 Å². The van der Waals surface area contributed by atoms with Crippen LogP contribution in [0.5, 0.6) is 0 Å². The number of nitrogens with one attached hydrogen (secondary N) is 1. The second-order valence-electron chi connectivity index (χ2n) is 5.28. The summed E-state index contributed by atoms with van der Waals surface area (Å²) in [6.45, 7) is 4.95. The third-order valence-electron chi connectivity index (χ3n) is 3.32. The van der Waals surface area contributed by atoms with Crippen LogP contribution < -0.4 is 5.32 Å². The predicted octanol–water partition coefficient (Wildman–Crippen LogP) is 3.81. The average molecular weight is 322 g/mol. The van der Waals surface area contributed by atoms with E-state index in [-0.39, 0.29) is 0 Å². The number of hydrogen-bond donors (Lipinski definition) is 1. The zero-order valence-corrected chi connectivity index (χ0v) is 13.7. The van der Waals surface area contributed by atoms with E-state index in [1.165, 1.54) is 17.3 Å². The third kappa shape index (κ3) is 2.73. The van der Waals surface area contributed by atoms with Gasteiger partial charge in [-0.05, 0) is 18.1 Å². The van der Waals surface area contributed by atoms with Gasteiger partial charge in [0.2, 0.25) is 0 Å². The van der Waals surface area contributed by atoms with Crippen LogP contribution in [0, 0.1) is 0 Å². The number of aryl methyl sites for hydroxylation is 1. The van der Waals surface area contributed by atoms with Crippen LogP contribution in [-0.2, 0) is 13.6 Å². The topological polar surface area (TPSA) is 55.6 Å². The highest BCUT2D eigenvalue weighted by atomic mass is 35.5. The van der Waals surface area contributed by atoms with E-state index >= 15 is 0 Å². The Morgan fingerprint density at radius 1 is 1.33 bits per heavy atom. The van der Waals surface area contributed by atoms with Crippen LogP contribution in [0.25, 0.3) is 11.0 Å². The van der Waals surface area contributed by atoms with Crippen molar-refractivity contribution < 1.29 is 0 Å². The van der Waals surface area contributed by atoms with Crippen LogP contribution in [0.15, 0.2) is 18.3 Å². The first-order valence-corrected chi connectivity index (χ1v) is 7.84. The van der Waals surface area contributed by atoms with E-state index in [0.29, 0.717) is 17.5 Å². The van der Waals surface area contributed by atoms with Crippen molar-refractivity contribution >= 4 is 40.0 Å². The monoisotopic (exact) mass is 321 g/mol. The summed E-state index contributed by atoms with van der Waals surface area (Å²) in [5.41, 5.74) is 4.79. The van der Waals surface area contributed by atoms with Gasteiger partial charge in [-0.3, -0.25) is 4.68 Å². The molecule has 0 unspecified atom stereocenters. The molecule has 0 aliphatic rings. The number of halogens is 1. The number of nitrogens with zero attached hydrogens (tertiary/aromatic N) is 4. The summed E-state index contributed by atoms with van der Waals surface area (Å²) in [7, 11) is 1.94. The van der Waals surface area contributed by atoms with Gasteiger partial charge in [0.1, 0.15) is 11.0 Å². The summed E-state index contributed by atoms with van der Waals surface area (Å²) in [4.78, 5) is 0. The van der Waals surface area contributed by atoms with E-state index in [1.807, 2.05) is 30.1 Å². The molecule has 0 radical (unpaired) electrons. The Kier molecular flexibility index (Phi) is 3.82. The summed E-state index contributed by atoms with van der Waals surface area (Å²) >= 11 is 7.48. The fourth-order valence-electron chi connectivity index (χ4n) is 2.36. The van der Waals surface area contributed by atoms with Crippen LogP contribution in [0.4, 0.5) is 5.69 Å². The SMILES string of the molecule is CC(C)c1nn(C)cc1CNc1c(Cl)ccc2nsnc12. The Morgan fingerprint density at radius 3 is 2.90 bits per heavy atom. The largest absolute Gasteiger partial charge is 0.378 e. The molecule has 1 N–H and O–H groups in total. The molecule has 1 aromatic carbocycles. The lowest BCUT2D eigenvalue weighted by atomic mass is 10.1. The smallest absolute Gasteiger partial charge is 0.129 e. The number of rotatable bonds is 4. The zero-order valence-electron chi connectivity index (χ0n) is 12.1. The van der Waals surface area contributed by atoms with Gasteiger partial charge in [-0.25, -0.2) is 0 Å². The molecule has 0 saturated heterocycles. The van der Waals surface area contributed by atoms with E-state index in [0.717, 1.165) is 22.4 Å². The Balaban J connectivity index is 1.90. The van der Waals surface area contributed by atoms with Gasteiger partial charge < -0.3 is 5.32 Å². The summed E-state index contributed by atoms with van der Waals surface area (Å²) in [6.07, 6.45) is 2.04. The van der Waals surface area contributed by atoms with Crippen LogP contribution in [0.1, 0.15) is 31.0 Å². The maximum absolute atomic E-state index is 6.29. The van der Waals surface area contributed by atoms with Crippen molar-refractivity contribution in [2.45, 2.75) is 26.3 Å². The van der Waals surface area contributed by atoms with Crippen LogP contribution in [0.3, 0.4) is 0 Å². The van der Waals surface area contributed by atoms with E-state index in [4.69, 9.17) is 11.6 Å². The molecule has 5 nitrogen and oxygen atoms in total. The molecule has 0 amide bonds. The highest BCUT2D eigenvalue weighted by Crippen LogP contribution is 2.30. The normalized spacial score (nSPS) is 11.5. The number of fused-ring (bicyclic) bond motifs is 1. The molecule has 3 aromatic rings. The molecule has 0 aliphatic heterocycles. The molecule has 0 spiro atoms. The molecule has 0 atom stereocenters. The van der Waals surface area contributed by atoms with E-state index in [2.05, 4.69) is 33.0 Å². The lowest BCUT2D eigenvalue weighted by molar-refractivity contribution is 0.712. The molecule has 110 valence electrons. The highest BCUT2D eigenvalue weighted by molar-refractivity contribution is 7.00. The highest BCUT2D eigenvalue weighted by Gasteiger charge is 2.14. The number of benzene rings is 1. The molecule has 2 aromatic heterocycles. The third-order valence-corrected chi connectivity index (χ3v) is 4.17. The second kappa shape index (κ2) is 5.61. The Hall–Kier alpha value is -1.66. The standard InChI is InChI=1S/C14H16ClN5S/c1-8(2)12-9(7-20(3)17-12)6-16-13-10(15)4-5-11-14(13)19-21-18-11/h4-5,7-8,16H,6H2,1-3H3. The maximum Gasteiger partial charge on any atom is 0.129 e. The molecule has 3 rings (SSSR count). The minimum Gasteiger partial charge on any atom is -0.378 e. The minimum absolute atomic E-state index is 0.384. The average Bonchev–Trinajstić information content (AvgIpc) is 3.04. The van der Waals surface area contributed by atoms with Crippen LogP contribution >= 0.6 is 23.3 Å². The summed E-state index contributed by atoms with van der Waals surface area (Å²) in [5.74, 6) is 0.384. The predicted molar refractivity (Wildman–Crippen MR) is 87.0 cm³/mol. The second-order valence-corrected chi connectivity index (χ2v) is 6.21. The van der Waals surface area contributed by atoms with Gasteiger partial charge in [0.15, 0.2) is 0 Å². The van der Waals surface area contributed by atoms with Gasteiger partial charge in [0.05, 0.1) is 28.1 Å². The fraction of sp³-hybridized carbons (Fsp3) is 0.357. The lowest BCUT2D eigenvalue weighted by Crippen LogP contribution is -2.03. The van der Waals surface area contributed by atoms with E-state index in [9.17, 15) is 0 Å². The Labute approximate surface area is 132 Å². The lowest BCUT2D eigenvalue weighted by Gasteiger charge is -2.10. The van der Waals surface area contributed by atoms with Crippen molar-refractivity contribution in [2.75, 3.05) is 5.32 Å². The molecular weight excluding hydrogens is 306 g/mol. The van der Waals surface area contributed by atoms with E-state index < -0.39 is 0 Å². The molecule has 0 aliphatic carbocycles. The van der Waals surface area contributed by atoms with Crippen molar-refractivity contribution in [3.05, 3.63) is 34.6 Å². The first-order valence-electron chi connectivity index (χ1n) is 6.73. The van der Waals surface area contributed by atoms with Crippen molar-refractivity contribution in [3.8, 4) is 0 Å². The molecular formula is C14H16ClN5S. The molecule has 0 bridgehead atoms. The van der Waals surface area contributed by atoms with Crippen molar-refractivity contribution in [1.82, 2.24) is 18.5 Å². The molecule has 0 fully saturated rings. The van der Waals surface area contributed by atoms with Crippen LogP contribution in [0.2, 0.25) is 5.02 Å². The quantitative estimate of drug-likeness (QED) is 0.793. The fourth-order valence-corrected chi connectivity index (χ4v) is 3.12. The van der Waals surface area contributed by atoms with Crippen molar-refractivity contribution in [2.24, 2.45) is 7.05 Å². The van der Waals surface area contributed by atoms with Gasteiger partial charge in [-0.15, -0.1) is 0 Å². The van der Waals surface area contributed by atoms with Gasteiger partial charge in [-0.1, -0.05) is 25.4 Å². The first-order chi connectivity index (χ1) is 10.1. The molecule has 7 heteroatoms. The molecule has 2 heterocycles. The zero-order chi connectivity index (χ0) is 15.0. The van der Waals surface area contributed by atoms with Gasteiger partial charge >= 0.3 is 0 Å². The molecule has 0 saturated carbocycles. The van der Waals surface area contributed by atoms with Crippen LogP contribution in [-0.4, -0.2) is 18.5 Å². The van der Waals surface area contributed by atoms with Gasteiger partial charge in [-0.2, -0.15) is 13.8 Å². The Morgan fingerprint density at radius 2 is 2.14 bits per heavy atom. The summed E-state index contributed by atoms with van der Waals surface area (Å²) in [6, 6.07) is 3.73. The van der Waals surface area contributed by atoms with Gasteiger partial charge in [0.25, 0.3) is 0 Å². The summed E-state index contributed by atoms with van der Waals surface area (Å²) < 4.78 is 10.4. The maximum atomic E-state index is 6.29. The van der Waals surface area contributed by atoms with E-state index in [1.54, 1.807) is 0 Å². The summed E-state index contributed by atoms with van der Waals surface area (Å²) in [5, 5.41) is 8.56. The minimum atomic E-state index is 0.384. The number of aromatic nitrogens is 4. The first kappa shape index (κ1) is 14.3. The Bertz CT molecular complexity index is 777.